The second-order valence-corrected chi connectivity index (χ2v) is 3.58. The molecule has 0 radical (unpaired) electrons. The van der Waals surface area contributed by atoms with Gasteiger partial charge in [-0.1, -0.05) is 0 Å². The van der Waals surface area contributed by atoms with E-state index < -0.39 is 6.03 Å². The summed E-state index contributed by atoms with van der Waals surface area (Å²) >= 11 is 5.35. The Bertz CT molecular complexity index is 226. The van der Waals surface area contributed by atoms with E-state index in [1.54, 1.807) is 7.11 Å². The minimum atomic E-state index is -0.503. The standard InChI is InChI=1S/C10H19ClN2O4/c1-16-7-8-17-6-2-5-12-10(15)13-9(14)3-4-11/h2-8H2,1H3,(H2,12,13,14,15). The van der Waals surface area contributed by atoms with E-state index in [2.05, 4.69) is 10.6 Å². The van der Waals surface area contributed by atoms with Crippen LogP contribution < -0.4 is 10.6 Å². The third-order valence-electron chi connectivity index (χ3n) is 1.76. The van der Waals surface area contributed by atoms with E-state index in [0.29, 0.717) is 32.8 Å². The molecule has 7 heteroatoms. The molecule has 0 aliphatic rings. The highest BCUT2D eigenvalue weighted by Crippen LogP contribution is 1.85. The molecule has 6 nitrogen and oxygen atoms in total. The topological polar surface area (TPSA) is 76.7 Å². The van der Waals surface area contributed by atoms with E-state index in [0.717, 1.165) is 0 Å². The Balaban J connectivity index is 3.30. The van der Waals surface area contributed by atoms with Crippen molar-refractivity contribution in [2.24, 2.45) is 0 Å². The predicted octanol–water partition coefficient (Wildman–Crippen LogP) is 0.494. The maximum atomic E-state index is 11.1. The van der Waals surface area contributed by atoms with Crippen molar-refractivity contribution in [1.29, 1.82) is 0 Å². The number of imide groups is 1. The number of carbonyl (C=O) groups is 2. The largest absolute Gasteiger partial charge is 0.382 e. The monoisotopic (exact) mass is 266 g/mol. The van der Waals surface area contributed by atoms with Crippen LogP contribution in [0.4, 0.5) is 4.79 Å². The fourth-order valence-corrected chi connectivity index (χ4v) is 1.11. The molecule has 2 N–H and O–H groups in total. The summed E-state index contributed by atoms with van der Waals surface area (Å²) in [7, 11) is 1.60. The Kier molecular flexibility index (Phi) is 11.0. The Labute approximate surface area is 106 Å². The maximum absolute atomic E-state index is 11.1. The Morgan fingerprint density at radius 3 is 2.65 bits per heavy atom. The highest BCUT2D eigenvalue weighted by molar-refractivity contribution is 6.19. The molecule has 0 aromatic heterocycles. The zero-order valence-corrected chi connectivity index (χ0v) is 10.7. The van der Waals surface area contributed by atoms with Crippen molar-refractivity contribution in [3.05, 3.63) is 0 Å². The number of hydrogen-bond acceptors (Lipinski definition) is 4. The van der Waals surface area contributed by atoms with Crippen LogP contribution in [-0.2, 0) is 14.3 Å². The van der Waals surface area contributed by atoms with Gasteiger partial charge in [-0.05, 0) is 6.42 Å². The van der Waals surface area contributed by atoms with E-state index in [-0.39, 0.29) is 18.2 Å². The summed E-state index contributed by atoms with van der Waals surface area (Å²) in [5.74, 6) is -0.180. The minimum Gasteiger partial charge on any atom is -0.382 e. The molecule has 0 aromatic carbocycles. The van der Waals surface area contributed by atoms with Gasteiger partial charge in [0, 0.05) is 32.6 Å². The van der Waals surface area contributed by atoms with Crippen molar-refractivity contribution in [3.63, 3.8) is 0 Å². The Hall–Kier alpha value is -0.850. The van der Waals surface area contributed by atoms with Gasteiger partial charge in [-0.2, -0.15) is 0 Å². The molecule has 0 saturated carbocycles. The lowest BCUT2D eigenvalue weighted by atomic mass is 10.4. The van der Waals surface area contributed by atoms with E-state index in [4.69, 9.17) is 21.1 Å². The molecule has 0 saturated heterocycles. The van der Waals surface area contributed by atoms with E-state index >= 15 is 0 Å². The molecule has 100 valence electrons. The molecular formula is C10H19ClN2O4. The van der Waals surface area contributed by atoms with Crippen LogP contribution in [0, 0.1) is 0 Å². The first-order valence-corrected chi connectivity index (χ1v) is 5.94. The molecule has 0 aromatic rings. The van der Waals surface area contributed by atoms with Gasteiger partial charge in [-0.3, -0.25) is 10.1 Å². The number of ether oxygens (including phenoxy) is 2. The summed E-state index contributed by atoms with van der Waals surface area (Å²) < 4.78 is 9.99. The van der Waals surface area contributed by atoms with E-state index in [1.807, 2.05) is 0 Å². The molecule has 0 heterocycles. The van der Waals surface area contributed by atoms with Crippen LogP contribution >= 0.6 is 11.6 Å². The average Bonchev–Trinajstić information content (AvgIpc) is 2.28. The maximum Gasteiger partial charge on any atom is 0.321 e. The number of nitrogens with one attached hydrogen (secondary N) is 2. The summed E-state index contributed by atoms with van der Waals surface area (Å²) in [4.78, 5) is 22.1. The highest BCUT2D eigenvalue weighted by atomic mass is 35.5. The van der Waals surface area contributed by atoms with Crippen molar-refractivity contribution in [3.8, 4) is 0 Å². The van der Waals surface area contributed by atoms with Gasteiger partial charge in [0.25, 0.3) is 0 Å². The fourth-order valence-electron chi connectivity index (χ4n) is 0.940. The van der Waals surface area contributed by atoms with Gasteiger partial charge in [-0.25, -0.2) is 4.79 Å². The van der Waals surface area contributed by atoms with Gasteiger partial charge in [0.15, 0.2) is 0 Å². The third kappa shape index (κ3) is 11.4. The Morgan fingerprint density at radius 1 is 1.24 bits per heavy atom. The second-order valence-electron chi connectivity index (χ2n) is 3.20. The molecule has 0 aliphatic heterocycles. The van der Waals surface area contributed by atoms with Crippen LogP contribution in [0.3, 0.4) is 0 Å². The lowest BCUT2D eigenvalue weighted by Gasteiger charge is -2.06. The second kappa shape index (κ2) is 11.6. The first kappa shape index (κ1) is 16.1. The minimum absolute atomic E-state index is 0.134. The van der Waals surface area contributed by atoms with Gasteiger partial charge >= 0.3 is 6.03 Å². The van der Waals surface area contributed by atoms with Crippen LogP contribution in [0.1, 0.15) is 12.8 Å². The fraction of sp³-hybridized carbons (Fsp3) is 0.800. The van der Waals surface area contributed by atoms with Gasteiger partial charge < -0.3 is 14.8 Å². The molecule has 0 rings (SSSR count). The quantitative estimate of drug-likeness (QED) is 0.471. The highest BCUT2D eigenvalue weighted by Gasteiger charge is 2.05. The number of alkyl halides is 1. The zero-order valence-electron chi connectivity index (χ0n) is 9.96. The molecule has 0 bridgehead atoms. The Morgan fingerprint density at radius 2 is 2.00 bits per heavy atom. The van der Waals surface area contributed by atoms with Gasteiger partial charge in [0.1, 0.15) is 0 Å². The van der Waals surface area contributed by atoms with Gasteiger partial charge in [0.2, 0.25) is 5.91 Å². The van der Waals surface area contributed by atoms with E-state index in [1.165, 1.54) is 0 Å². The molecule has 0 spiro atoms. The lowest BCUT2D eigenvalue weighted by Crippen LogP contribution is -2.40. The molecule has 3 amide bonds. The number of methoxy groups -OCH3 is 1. The summed E-state index contributed by atoms with van der Waals surface area (Å²) in [6.45, 7) is 2.09. The van der Waals surface area contributed by atoms with E-state index in [9.17, 15) is 9.59 Å². The summed E-state index contributed by atoms with van der Waals surface area (Å²) in [6, 6.07) is -0.503. The van der Waals surface area contributed by atoms with Crippen LogP contribution in [-0.4, -0.2) is 51.3 Å². The van der Waals surface area contributed by atoms with Crippen LogP contribution in [0.25, 0.3) is 0 Å². The molecular weight excluding hydrogens is 248 g/mol. The summed E-state index contributed by atoms with van der Waals surface area (Å²) in [5.41, 5.74) is 0. The predicted molar refractivity (Wildman–Crippen MR) is 64.2 cm³/mol. The summed E-state index contributed by atoms with van der Waals surface area (Å²) in [5, 5.41) is 4.70. The van der Waals surface area contributed by atoms with Crippen molar-refractivity contribution in [2.45, 2.75) is 12.8 Å². The molecule has 17 heavy (non-hydrogen) atoms. The smallest absolute Gasteiger partial charge is 0.321 e. The molecule has 0 unspecified atom stereocenters. The molecule has 0 atom stereocenters. The molecule has 0 fully saturated rings. The SMILES string of the molecule is COCCOCCCNC(=O)NC(=O)CCCl. The normalized spacial score (nSPS) is 10.0. The number of carbonyl (C=O) groups excluding carboxylic acids is 2. The number of urea groups is 1. The first-order chi connectivity index (χ1) is 8.20. The van der Waals surface area contributed by atoms with Crippen molar-refractivity contribution in [1.82, 2.24) is 10.6 Å². The van der Waals surface area contributed by atoms with Crippen LogP contribution in [0.15, 0.2) is 0 Å². The van der Waals surface area contributed by atoms with Crippen LogP contribution in [0.2, 0.25) is 0 Å². The van der Waals surface area contributed by atoms with Crippen molar-refractivity contribution >= 4 is 23.5 Å². The van der Waals surface area contributed by atoms with Crippen molar-refractivity contribution in [2.75, 3.05) is 39.4 Å². The third-order valence-corrected chi connectivity index (χ3v) is 1.95. The molecule has 0 aliphatic carbocycles. The number of halogens is 1. The zero-order chi connectivity index (χ0) is 12.9. The van der Waals surface area contributed by atoms with Gasteiger partial charge in [0.05, 0.1) is 13.2 Å². The number of amides is 3. The van der Waals surface area contributed by atoms with Gasteiger partial charge in [-0.15, -0.1) is 11.6 Å². The first-order valence-electron chi connectivity index (χ1n) is 5.41. The number of hydrogen-bond donors (Lipinski definition) is 2. The van der Waals surface area contributed by atoms with Crippen molar-refractivity contribution < 1.29 is 19.1 Å². The lowest BCUT2D eigenvalue weighted by molar-refractivity contribution is -0.119. The van der Waals surface area contributed by atoms with Crippen LogP contribution in [0.5, 0.6) is 0 Å². The average molecular weight is 267 g/mol. The number of rotatable bonds is 9. The summed E-state index contributed by atoms with van der Waals surface area (Å²) in [6.07, 6.45) is 0.815.